The first-order chi connectivity index (χ1) is 13.6. The van der Waals surface area contributed by atoms with E-state index >= 15 is 0 Å². The van der Waals surface area contributed by atoms with Crippen molar-refractivity contribution in [3.8, 4) is 0 Å². The van der Waals surface area contributed by atoms with Crippen LogP contribution in [0.2, 0.25) is 5.02 Å². The highest BCUT2D eigenvalue weighted by Crippen LogP contribution is 2.27. The van der Waals surface area contributed by atoms with Crippen molar-refractivity contribution in [3.63, 3.8) is 0 Å². The van der Waals surface area contributed by atoms with Crippen LogP contribution in [0.15, 0.2) is 23.1 Å². The van der Waals surface area contributed by atoms with Gasteiger partial charge in [0.05, 0.1) is 15.6 Å². The van der Waals surface area contributed by atoms with Crippen LogP contribution in [0, 0.1) is 5.92 Å². The number of halogens is 1. The quantitative estimate of drug-likeness (QED) is 0.603. The van der Waals surface area contributed by atoms with Crippen molar-refractivity contribution in [1.29, 1.82) is 0 Å². The number of nitrogens with two attached hydrogens (primary N) is 1. The van der Waals surface area contributed by atoms with Crippen LogP contribution >= 0.6 is 11.6 Å². The van der Waals surface area contributed by atoms with Gasteiger partial charge in [0.1, 0.15) is 0 Å². The van der Waals surface area contributed by atoms with E-state index in [9.17, 15) is 18.0 Å². The largest absolute Gasteiger partial charge is 0.370 e. The van der Waals surface area contributed by atoms with E-state index in [1.165, 1.54) is 32.3 Å². The lowest BCUT2D eigenvalue weighted by atomic mass is 9.93. The van der Waals surface area contributed by atoms with Crippen molar-refractivity contribution in [2.75, 3.05) is 39.0 Å². The van der Waals surface area contributed by atoms with E-state index in [4.69, 9.17) is 17.3 Å². The number of rotatable bonds is 9. The van der Waals surface area contributed by atoms with Crippen LogP contribution in [-0.4, -0.2) is 63.2 Å². The number of piperidine rings is 1. The van der Waals surface area contributed by atoms with Crippen LogP contribution in [0.3, 0.4) is 0 Å². The number of hydrogen-bond acceptors (Lipinski definition) is 5. The summed E-state index contributed by atoms with van der Waals surface area (Å²) in [6.45, 7) is 2.35. The van der Waals surface area contributed by atoms with Gasteiger partial charge in [0.25, 0.3) is 0 Å². The summed E-state index contributed by atoms with van der Waals surface area (Å²) in [4.78, 5) is 25.6. The first kappa shape index (κ1) is 23.6. The first-order valence-corrected chi connectivity index (χ1v) is 11.4. The molecule has 0 bridgehead atoms. The fourth-order valence-electron chi connectivity index (χ4n) is 3.38. The highest BCUT2D eigenvalue weighted by molar-refractivity contribution is 7.89. The number of primary amides is 1. The van der Waals surface area contributed by atoms with Gasteiger partial charge in [0.15, 0.2) is 0 Å². The molecular weight excluding hydrogens is 416 g/mol. The minimum atomic E-state index is -3.62. The van der Waals surface area contributed by atoms with Gasteiger partial charge >= 0.3 is 0 Å². The van der Waals surface area contributed by atoms with Gasteiger partial charge in [0.2, 0.25) is 21.8 Å². The van der Waals surface area contributed by atoms with E-state index in [1.807, 2.05) is 0 Å². The minimum absolute atomic E-state index is 0.0653. The molecule has 0 aromatic heterocycles. The molecule has 1 aromatic carbocycles. The van der Waals surface area contributed by atoms with E-state index < -0.39 is 10.0 Å². The normalized spacial score (nSPS) is 18.0. The third-order valence-corrected chi connectivity index (χ3v) is 7.19. The lowest BCUT2D eigenvalue weighted by Crippen LogP contribution is -2.37. The lowest BCUT2D eigenvalue weighted by Gasteiger charge is -2.32. The topological polar surface area (TPSA) is 113 Å². The highest BCUT2D eigenvalue weighted by atomic mass is 35.5. The Morgan fingerprint density at radius 2 is 2.03 bits per heavy atom. The van der Waals surface area contributed by atoms with Crippen LogP contribution in [0.25, 0.3) is 0 Å². The summed E-state index contributed by atoms with van der Waals surface area (Å²) in [6.07, 6.45) is 3.54. The molecule has 1 aliphatic rings. The molecule has 8 nitrogen and oxygen atoms in total. The molecule has 10 heteroatoms. The highest BCUT2D eigenvalue weighted by Gasteiger charge is 2.22. The molecule has 0 aliphatic carbocycles. The molecular formula is C19H29ClN4O4S. The van der Waals surface area contributed by atoms with Crippen LogP contribution in [0.5, 0.6) is 0 Å². The Morgan fingerprint density at radius 3 is 2.69 bits per heavy atom. The minimum Gasteiger partial charge on any atom is -0.370 e. The van der Waals surface area contributed by atoms with Gasteiger partial charge in [0, 0.05) is 40.0 Å². The van der Waals surface area contributed by atoms with Gasteiger partial charge in [-0.1, -0.05) is 11.6 Å². The SMILES string of the molecule is CN(C)S(=O)(=O)c1ccc(Cl)c(NC(=O)CCN2CCCC(CCC(N)=O)C2)c1. The number of anilines is 1. The van der Waals surface area contributed by atoms with Crippen molar-refractivity contribution in [2.24, 2.45) is 11.7 Å². The second-order valence-corrected chi connectivity index (χ2v) is 10.1. The zero-order valence-electron chi connectivity index (χ0n) is 16.9. The summed E-state index contributed by atoms with van der Waals surface area (Å²) >= 11 is 6.13. The molecule has 1 heterocycles. The molecule has 0 saturated carbocycles. The number of likely N-dealkylation sites (tertiary alicyclic amines) is 1. The Hall–Kier alpha value is -1.68. The lowest BCUT2D eigenvalue weighted by molar-refractivity contribution is -0.118. The average molecular weight is 445 g/mol. The molecule has 1 aliphatic heterocycles. The maximum atomic E-state index is 12.4. The standard InChI is InChI=1S/C19H29ClN4O4S/c1-23(2)29(27,28)15-6-7-16(20)17(12-15)22-19(26)9-11-24-10-3-4-14(13-24)5-8-18(21)25/h6-7,12,14H,3-5,8-11,13H2,1-2H3,(H2,21,25)(H,22,26). The smallest absolute Gasteiger partial charge is 0.242 e. The molecule has 1 atom stereocenters. The van der Waals surface area contributed by atoms with Gasteiger partial charge in [-0.15, -0.1) is 0 Å². The van der Waals surface area contributed by atoms with Crippen molar-refractivity contribution in [1.82, 2.24) is 9.21 Å². The van der Waals surface area contributed by atoms with Gasteiger partial charge in [-0.2, -0.15) is 0 Å². The number of sulfonamides is 1. The van der Waals surface area contributed by atoms with Crippen LogP contribution < -0.4 is 11.1 Å². The summed E-state index contributed by atoms with van der Waals surface area (Å²) in [5.41, 5.74) is 5.50. The number of benzene rings is 1. The Bertz CT molecular complexity index is 845. The predicted octanol–water partition coefficient (Wildman–Crippen LogP) is 1.90. The van der Waals surface area contributed by atoms with E-state index in [1.54, 1.807) is 0 Å². The molecule has 1 fully saturated rings. The maximum Gasteiger partial charge on any atom is 0.242 e. The van der Waals surface area contributed by atoms with Crippen LogP contribution in [0.4, 0.5) is 5.69 Å². The third kappa shape index (κ3) is 6.95. The van der Waals surface area contributed by atoms with Crippen molar-refractivity contribution >= 4 is 39.1 Å². The maximum absolute atomic E-state index is 12.4. The first-order valence-electron chi connectivity index (χ1n) is 9.62. The number of amides is 2. The van der Waals surface area contributed by atoms with Gasteiger partial charge in [-0.25, -0.2) is 12.7 Å². The summed E-state index contributed by atoms with van der Waals surface area (Å²) < 4.78 is 25.7. The number of nitrogens with one attached hydrogen (secondary N) is 1. The molecule has 2 amide bonds. The van der Waals surface area contributed by atoms with E-state index in [-0.39, 0.29) is 33.8 Å². The van der Waals surface area contributed by atoms with Gasteiger partial charge < -0.3 is 16.0 Å². The fourth-order valence-corrected chi connectivity index (χ4v) is 4.47. The summed E-state index contributed by atoms with van der Waals surface area (Å²) in [5.74, 6) is -0.0934. The molecule has 29 heavy (non-hydrogen) atoms. The average Bonchev–Trinajstić information content (AvgIpc) is 2.66. The molecule has 162 valence electrons. The van der Waals surface area contributed by atoms with E-state index in [0.717, 1.165) is 36.7 Å². The zero-order valence-corrected chi connectivity index (χ0v) is 18.4. The Labute approximate surface area is 177 Å². The van der Waals surface area contributed by atoms with E-state index in [0.29, 0.717) is 18.9 Å². The Balaban J connectivity index is 1.91. The summed E-state index contributed by atoms with van der Waals surface area (Å²) in [5, 5.41) is 2.99. The molecule has 0 radical (unpaired) electrons. The van der Waals surface area contributed by atoms with Gasteiger partial charge in [-0.3, -0.25) is 9.59 Å². The Kier molecular flexibility index (Phi) is 8.45. The third-order valence-electron chi connectivity index (χ3n) is 5.05. The van der Waals surface area contributed by atoms with Crippen LogP contribution in [-0.2, 0) is 19.6 Å². The molecule has 0 spiro atoms. The summed E-state index contributed by atoms with van der Waals surface area (Å²) in [7, 11) is -0.733. The van der Waals surface area contributed by atoms with Crippen molar-refractivity contribution in [3.05, 3.63) is 23.2 Å². The van der Waals surface area contributed by atoms with Crippen LogP contribution in [0.1, 0.15) is 32.1 Å². The summed E-state index contributed by atoms with van der Waals surface area (Å²) in [6, 6.07) is 4.24. The number of hydrogen-bond donors (Lipinski definition) is 2. The van der Waals surface area contributed by atoms with Gasteiger partial charge in [-0.05, 0) is 49.9 Å². The molecule has 1 aromatic rings. The second-order valence-electron chi connectivity index (χ2n) is 7.54. The fraction of sp³-hybridized carbons (Fsp3) is 0.579. The molecule has 3 N–H and O–H groups in total. The number of carbonyl (C=O) groups excluding carboxylic acids is 2. The molecule has 1 saturated heterocycles. The Morgan fingerprint density at radius 1 is 1.31 bits per heavy atom. The predicted molar refractivity (Wildman–Crippen MR) is 113 cm³/mol. The van der Waals surface area contributed by atoms with Crippen molar-refractivity contribution < 1.29 is 18.0 Å². The number of carbonyl (C=O) groups is 2. The zero-order chi connectivity index (χ0) is 21.6. The van der Waals surface area contributed by atoms with Crippen molar-refractivity contribution in [2.45, 2.75) is 37.0 Å². The molecule has 1 unspecified atom stereocenters. The van der Waals surface area contributed by atoms with E-state index in [2.05, 4.69) is 10.2 Å². The second kappa shape index (κ2) is 10.4. The number of nitrogens with zero attached hydrogens (tertiary/aromatic N) is 2. The molecule has 2 rings (SSSR count). The monoisotopic (exact) mass is 444 g/mol.